The molecule has 0 unspecified atom stereocenters. The van der Waals surface area contributed by atoms with E-state index in [-0.39, 0.29) is 24.5 Å². The molecule has 0 atom stereocenters. The van der Waals surface area contributed by atoms with Crippen LogP contribution in [0.25, 0.3) is 0 Å². The van der Waals surface area contributed by atoms with E-state index >= 15 is 0 Å². The lowest BCUT2D eigenvalue weighted by molar-refractivity contribution is -0.114. The molecule has 134 valence electrons. The van der Waals surface area contributed by atoms with Crippen molar-refractivity contribution in [1.82, 2.24) is 9.88 Å². The number of anilines is 2. The summed E-state index contributed by atoms with van der Waals surface area (Å²) in [5.74, 6) is 0.637. The number of carbonyl (C=O) groups excluding carboxylic acids is 2. The summed E-state index contributed by atoms with van der Waals surface area (Å²) in [6.45, 7) is 1.54. The average molecular weight is 352 g/mol. The van der Waals surface area contributed by atoms with Gasteiger partial charge in [-0.3, -0.25) is 14.6 Å². The van der Waals surface area contributed by atoms with E-state index in [1.807, 2.05) is 23.1 Å². The van der Waals surface area contributed by atoms with Crippen LogP contribution in [0.5, 0.6) is 5.75 Å². The van der Waals surface area contributed by atoms with Crippen LogP contribution in [-0.2, 0) is 4.79 Å². The minimum Gasteiger partial charge on any atom is -0.489 e. The summed E-state index contributed by atoms with van der Waals surface area (Å²) < 4.78 is 5.92. The van der Waals surface area contributed by atoms with E-state index in [1.54, 1.807) is 24.5 Å². The summed E-state index contributed by atoms with van der Waals surface area (Å²) in [4.78, 5) is 30.2. The number of nitrogens with one attached hydrogen (secondary N) is 2. The summed E-state index contributed by atoms with van der Waals surface area (Å²) >= 11 is 0. The lowest BCUT2D eigenvalue weighted by Crippen LogP contribution is -2.41. The maximum Gasteiger partial charge on any atom is 0.253 e. The zero-order valence-corrected chi connectivity index (χ0v) is 14.3. The number of hydrogen-bond donors (Lipinski definition) is 2. The topological polar surface area (TPSA) is 83.6 Å². The fraction of sp³-hybridized carbons (Fsp3) is 0.316. The van der Waals surface area contributed by atoms with Crippen molar-refractivity contribution >= 4 is 23.2 Å². The fourth-order valence-corrected chi connectivity index (χ4v) is 3.27. The number of carbonyl (C=O) groups is 2. The Kier molecular flexibility index (Phi) is 4.43. The Bertz CT molecular complexity index is 817. The molecule has 26 heavy (non-hydrogen) atoms. The van der Waals surface area contributed by atoms with Crippen LogP contribution in [0.3, 0.4) is 0 Å². The molecule has 0 saturated carbocycles. The molecular weight excluding hydrogens is 332 g/mol. The summed E-state index contributed by atoms with van der Waals surface area (Å²) in [5, 5.41) is 5.82. The molecule has 0 aliphatic carbocycles. The Morgan fingerprint density at radius 3 is 2.81 bits per heavy atom. The van der Waals surface area contributed by atoms with Crippen molar-refractivity contribution in [3.05, 3.63) is 48.3 Å². The van der Waals surface area contributed by atoms with Gasteiger partial charge in [0.25, 0.3) is 5.91 Å². The molecule has 2 N–H and O–H groups in total. The summed E-state index contributed by atoms with van der Waals surface area (Å²) in [5.41, 5.74) is 2.08. The highest BCUT2D eigenvalue weighted by atomic mass is 16.5. The van der Waals surface area contributed by atoms with E-state index in [9.17, 15) is 9.59 Å². The SMILES string of the molecule is O=C1CNc2ccc(C(=O)N3CCC(Oc4cccnc4)CC3)cc2N1. The number of pyridine rings is 1. The second-order valence-electron chi connectivity index (χ2n) is 6.46. The van der Waals surface area contributed by atoms with Gasteiger partial charge in [-0.15, -0.1) is 0 Å². The molecule has 0 bridgehead atoms. The first-order valence-electron chi connectivity index (χ1n) is 8.73. The van der Waals surface area contributed by atoms with Gasteiger partial charge < -0.3 is 20.3 Å². The van der Waals surface area contributed by atoms with Gasteiger partial charge in [0.15, 0.2) is 0 Å². The number of fused-ring (bicyclic) bond motifs is 1. The fourth-order valence-electron chi connectivity index (χ4n) is 3.27. The van der Waals surface area contributed by atoms with Gasteiger partial charge in [-0.1, -0.05) is 0 Å². The molecule has 4 rings (SSSR count). The van der Waals surface area contributed by atoms with Crippen molar-refractivity contribution in [2.24, 2.45) is 0 Å². The number of piperidine rings is 1. The molecule has 1 aromatic carbocycles. The first-order chi connectivity index (χ1) is 12.7. The number of rotatable bonds is 3. The average Bonchev–Trinajstić information content (AvgIpc) is 2.68. The first-order valence-corrected chi connectivity index (χ1v) is 8.73. The van der Waals surface area contributed by atoms with Crippen LogP contribution in [0.1, 0.15) is 23.2 Å². The molecule has 2 aromatic rings. The molecule has 1 fully saturated rings. The number of benzene rings is 1. The third-order valence-corrected chi connectivity index (χ3v) is 4.65. The van der Waals surface area contributed by atoms with E-state index in [4.69, 9.17) is 4.74 Å². The van der Waals surface area contributed by atoms with Crippen molar-refractivity contribution in [3.63, 3.8) is 0 Å². The van der Waals surface area contributed by atoms with Gasteiger partial charge in [-0.25, -0.2) is 0 Å². The molecule has 3 heterocycles. The molecule has 7 heteroatoms. The van der Waals surface area contributed by atoms with E-state index in [2.05, 4.69) is 15.6 Å². The molecule has 0 spiro atoms. The number of likely N-dealkylation sites (tertiary alicyclic amines) is 1. The van der Waals surface area contributed by atoms with Crippen molar-refractivity contribution in [2.45, 2.75) is 18.9 Å². The lowest BCUT2D eigenvalue weighted by atomic mass is 10.1. The number of nitrogens with zero attached hydrogens (tertiary/aromatic N) is 2. The quantitative estimate of drug-likeness (QED) is 0.884. The third-order valence-electron chi connectivity index (χ3n) is 4.65. The van der Waals surface area contributed by atoms with Gasteiger partial charge in [0.05, 0.1) is 24.1 Å². The lowest BCUT2D eigenvalue weighted by Gasteiger charge is -2.32. The van der Waals surface area contributed by atoms with E-state index < -0.39 is 0 Å². The summed E-state index contributed by atoms with van der Waals surface area (Å²) in [6.07, 6.45) is 5.07. The number of aromatic nitrogens is 1. The molecule has 7 nitrogen and oxygen atoms in total. The van der Waals surface area contributed by atoms with Crippen LogP contribution < -0.4 is 15.4 Å². The first kappa shape index (κ1) is 16.4. The van der Waals surface area contributed by atoms with Crippen LogP contribution in [0, 0.1) is 0 Å². The summed E-state index contributed by atoms with van der Waals surface area (Å²) in [7, 11) is 0. The molecule has 2 amide bonds. The van der Waals surface area contributed by atoms with Gasteiger partial charge in [-0.05, 0) is 30.3 Å². The molecule has 2 aliphatic rings. The Labute approximate surface area is 151 Å². The standard InChI is InChI=1S/C19H20N4O3/c24-18-12-21-16-4-3-13(10-17(16)22-18)19(25)23-8-5-14(6-9-23)26-15-2-1-7-20-11-15/h1-4,7,10-11,14,21H,5-6,8-9,12H2,(H,22,24). The predicted octanol–water partition coefficient (Wildman–Crippen LogP) is 2.13. The Morgan fingerprint density at radius 1 is 1.19 bits per heavy atom. The van der Waals surface area contributed by atoms with Crippen molar-refractivity contribution in [1.29, 1.82) is 0 Å². The minimum atomic E-state index is -0.101. The van der Waals surface area contributed by atoms with Gasteiger partial charge in [0.2, 0.25) is 5.91 Å². The Hall–Kier alpha value is -3.09. The Balaban J connectivity index is 1.38. The van der Waals surface area contributed by atoms with Crippen LogP contribution in [0.15, 0.2) is 42.7 Å². The van der Waals surface area contributed by atoms with E-state index in [0.29, 0.717) is 24.3 Å². The van der Waals surface area contributed by atoms with Crippen LogP contribution >= 0.6 is 0 Å². The van der Waals surface area contributed by atoms with Crippen LogP contribution in [-0.4, -0.2) is 47.4 Å². The molecule has 2 aliphatic heterocycles. The number of amides is 2. The Morgan fingerprint density at radius 2 is 2.04 bits per heavy atom. The van der Waals surface area contributed by atoms with Crippen LogP contribution in [0.2, 0.25) is 0 Å². The zero-order valence-electron chi connectivity index (χ0n) is 14.3. The summed E-state index contributed by atoms with van der Waals surface area (Å²) in [6, 6.07) is 9.10. The second-order valence-corrected chi connectivity index (χ2v) is 6.46. The predicted molar refractivity (Wildman–Crippen MR) is 97.4 cm³/mol. The second kappa shape index (κ2) is 7.03. The maximum absolute atomic E-state index is 12.8. The van der Waals surface area contributed by atoms with Crippen molar-refractivity contribution < 1.29 is 14.3 Å². The highest BCUT2D eigenvalue weighted by molar-refractivity contribution is 6.03. The van der Waals surface area contributed by atoms with Gasteiger partial charge in [0, 0.05) is 37.7 Å². The highest BCUT2D eigenvalue weighted by Crippen LogP contribution is 2.27. The monoisotopic (exact) mass is 352 g/mol. The van der Waals surface area contributed by atoms with E-state index in [1.165, 1.54) is 0 Å². The van der Waals surface area contributed by atoms with Crippen molar-refractivity contribution in [3.8, 4) is 5.75 Å². The highest BCUT2D eigenvalue weighted by Gasteiger charge is 2.25. The van der Waals surface area contributed by atoms with Gasteiger partial charge in [0.1, 0.15) is 11.9 Å². The maximum atomic E-state index is 12.8. The molecular formula is C19H20N4O3. The van der Waals surface area contributed by atoms with Crippen LogP contribution in [0.4, 0.5) is 11.4 Å². The van der Waals surface area contributed by atoms with Gasteiger partial charge >= 0.3 is 0 Å². The normalized spacial score (nSPS) is 17.1. The molecule has 1 aromatic heterocycles. The molecule has 1 saturated heterocycles. The number of ether oxygens (including phenoxy) is 1. The molecule has 0 radical (unpaired) electrons. The van der Waals surface area contributed by atoms with Gasteiger partial charge in [-0.2, -0.15) is 0 Å². The zero-order chi connectivity index (χ0) is 17.9. The largest absolute Gasteiger partial charge is 0.489 e. The van der Waals surface area contributed by atoms with Crippen molar-refractivity contribution in [2.75, 3.05) is 30.3 Å². The minimum absolute atomic E-state index is 0.0209. The third kappa shape index (κ3) is 3.46. The number of hydrogen-bond acceptors (Lipinski definition) is 5. The van der Waals surface area contributed by atoms with E-state index in [0.717, 1.165) is 24.3 Å². The smallest absolute Gasteiger partial charge is 0.253 e.